The van der Waals surface area contributed by atoms with E-state index in [-0.39, 0.29) is 0 Å². The van der Waals surface area contributed by atoms with Crippen LogP contribution < -0.4 is 16.0 Å². The van der Waals surface area contributed by atoms with Crippen LogP contribution in [0.15, 0.2) is 12.4 Å². The first-order valence-corrected chi connectivity index (χ1v) is 6.02. The van der Waals surface area contributed by atoms with Gasteiger partial charge in [-0.25, -0.2) is 5.84 Å². The number of hydrogen-bond donors (Lipinski definition) is 2. The molecule has 2 heterocycles. The highest BCUT2D eigenvalue weighted by atomic mass is 16.5. The summed E-state index contributed by atoms with van der Waals surface area (Å²) in [5.41, 5.74) is 2.44. The van der Waals surface area contributed by atoms with Crippen molar-refractivity contribution >= 4 is 5.82 Å². The van der Waals surface area contributed by atoms with Crippen LogP contribution in [-0.4, -0.2) is 41.1 Å². The van der Waals surface area contributed by atoms with Crippen LogP contribution in [0.3, 0.4) is 0 Å². The number of piperidine rings is 1. The van der Waals surface area contributed by atoms with Crippen LogP contribution in [0.1, 0.15) is 19.3 Å². The highest BCUT2D eigenvalue weighted by Gasteiger charge is 2.09. The normalized spacial score (nSPS) is 16.8. The Hall–Kier alpha value is -1.40. The zero-order chi connectivity index (χ0) is 11.9. The van der Waals surface area contributed by atoms with Crippen LogP contribution >= 0.6 is 0 Å². The van der Waals surface area contributed by atoms with Crippen LogP contribution in [0, 0.1) is 0 Å². The molecular weight excluding hydrogens is 218 g/mol. The van der Waals surface area contributed by atoms with Gasteiger partial charge < -0.3 is 10.2 Å². The van der Waals surface area contributed by atoms with E-state index >= 15 is 0 Å². The highest BCUT2D eigenvalue weighted by molar-refractivity contribution is 5.31. The van der Waals surface area contributed by atoms with Gasteiger partial charge in [0.05, 0.1) is 12.4 Å². The van der Waals surface area contributed by atoms with Gasteiger partial charge in [-0.05, 0) is 25.9 Å². The topological polar surface area (TPSA) is 76.3 Å². The molecule has 0 spiro atoms. The maximum atomic E-state index is 5.54. The second-order valence-electron chi connectivity index (χ2n) is 4.14. The molecule has 1 saturated heterocycles. The molecule has 1 aliphatic heterocycles. The van der Waals surface area contributed by atoms with Crippen molar-refractivity contribution in [2.45, 2.75) is 19.3 Å². The number of nitrogens with zero attached hydrogens (tertiary/aromatic N) is 3. The Kier molecular flexibility index (Phi) is 4.52. The quantitative estimate of drug-likeness (QED) is 0.578. The Morgan fingerprint density at radius 3 is 2.88 bits per heavy atom. The Labute approximate surface area is 101 Å². The van der Waals surface area contributed by atoms with E-state index in [9.17, 15) is 0 Å². The molecule has 0 atom stereocenters. The molecular formula is C11H19N5O. The average molecular weight is 237 g/mol. The number of ether oxygens (including phenoxy) is 1. The maximum absolute atomic E-state index is 5.54. The van der Waals surface area contributed by atoms with E-state index in [2.05, 4.69) is 20.3 Å². The first kappa shape index (κ1) is 12.1. The molecule has 17 heavy (non-hydrogen) atoms. The number of aromatic nitrogens is 2. The predicted octanol–water partition coefficient (Wildman–Crippen LogP) is 0.627. The van der Waals surface area contributed by atoms with Crippen molar-refractivity contribution in [3.8, 4) is 5.88 Å². The molecule has 0 bridgehead atoms. The maximum Gasteiger partial charge on any atom is 0.234 e. The van der Waals surface area contributed by atoms with Crippen LogP contribution in [0.5, 0.6) is 5.88 Å². The Bertz CT molecular complexity index is 340. The minimum Gasteiger partial charge on any atom is -0.475 e. The third kappa shape index (κ3) is 3.83. The number of nitrogens with one attached hydrogen (secondary N) is 1. The Morgan fingerprint density at radius 2 is 2.12 bits per heavy atom. The first-order valence-electron chi connectivity index (χ1n) is 6.02. The standard InChI is InChI=1S/C11H19N5O/c12-15-10-8-13-9-11(14-10)17-7-6-16-4-2-1-3-5-16/h8-9H,1-7,12H2,(H,14,15). The van der Waals surface area contributed by atoms with E-state index in [1.807, 2.05) is 0 Å². The Balaban J connectivity index is 1.73. The van der Waals surface area contributed by atoms with Crippen molar-refractivity contribution in [1.82, 2.24) is 14.9 Å². The summed E-state index contributed by atoms with van der Waals surface area (Å²) in [4.78, 5) is 10.5. The number of nitrogen functional groups attached to an aromatic ring is 1. The van der Waals surface area contributed by atoms with E-state index < -0.39 is 0 Å². The van der Waals surface area contributed by atoms with Crippen LogP contribution in [-0.2, 0) is 0 Å². The average Bonchev–Trinajstić information content (AvgIpc) is 2.40. The SMILES string of the molecule is NNc1cncc(OCCN2CCCCC2)n1. The van der Waals surface area contributed by atoms with Crippen molar-refractivity contribution in [2.75, 3.05) is 31.7 Å². The van der Waals surface area contributed by atoms with Crippen molar-refractivity contribution in [1.29, 1.82) is 0 Å². The summed E-state index contributed by atoms with van der Waals surface area (Å²) in [5.74, 6) is 6.27. The molecule has 94 valence electrons. The summed E-state index contributed by atoms with van der Waals surface area (Å²) in [5, 5.41) is 0. The number of likely N-dealkylation sites (tertiary alicyclic amines) is 1. The van der Waals surface area contributed by atoms with Crippen LogP contribution in [0.4, 0.5) is 5.82 Å². The molecule has 0 radical (unpaired) electrons. The molecule has 1 fully saturated rings. The largest absolute Gasteiger partial charge is 0.475 e. The second kappa shape index (κ2) is 6.36. The summed E-state index contributed by atoms with van der Waals surface area (Å²) in [7, 11) is 0. The predicted molar refractivity (Wildman–Crippen MR) is 65.6 cm³/mol. The molecule has 0 amide bonds. The van der Waals surface area contributed by atoms with Gasteiger partial charge in [-0.1, -0.05) is 6.42 Å². The van der Waals surface area contributed by atoms with Crippen molar-refractivity contribution in [3.05, 3.63) is 12.4 Å². The van der Waals surface area contributed by atoms with Gasteiger partial charge in [-0.2, -0.15) is 4.98 Å². The molecule has 2 rings (SSSR count). The van der Waals surface area contributed by atoms with Gasteiger partial charge >= 0.3 is 0 Å². The molecule has 0 saturated carbocycles. The van der Waals surface area contributed by atoms with Crippen LogP contribution in [0.25, 0.3) is 0 Å². The minimum absolute atomic E-state index is 0.512. The zero-order valence-electron chi connectivity index (χ0n) is 9.93. The third-order valence-electron chi connectivity index (χ3n) is 2.87. The Morgan fingerprint density at radius 1 is 1.29 bits per heavy atom. The summed E-state index contributed by atoms with van der Waals surface area (Å²) < 4.78 is 5.54. The van der Waals surface area contributed by atoms with E-state index in [0.29, 0.717) is 18.3 Å². The smallest absolute Gasteiger partial charge is 0.234 e. The van der Waals surface area contributed by atoms with Gasteiger partial charge in [0.1, 0.15) is 6.61 Å². The number of nitrogens with two attached hydrogens (primary N) is 1. The van der Waals surface area contributed by atoms with Gasteiger partial charge in [0.2, 0.25) is 5.88 Å². The van der Waals surface area contributed by atoms with Gasteiger partial charge in [-0.3, -0.25) is 9.88 Å². The van der Waals surface area contributed by atoms with Crippen molar-refractivity contribution in [3.63, 3.8) is 0 Å². The lowest BCUT2D eigenvalue weighted by molar-refractivity contribution is 0.180. The monoisotopic (exact) mass is 237 g/mol. The van der Waals surface area contributed by atoms with Gasteiger partial charge in [0.25, 0.3) is 0 Å². The van der Waals surface area contributed by atoms with E-state index in [1.165, 1.54) is 32.4 Å². The summed E-state index contributed by atoms with van der Waals surface area (Å²) in [6.45, 7) is 3.95. The molecule has 1 aromatic rings. The fourth-order valence-corrected chi connectivity index (χ4v) is 1.95. The summed E-state index contributed by atoms with van der Waals surface area (Å²) >= 11 is 0. The number of rotatable bonds is 5. The molecule has 0 aliphatic carbocycles. The first-order chi connectivity index (χ1) is 8.38. The second-order valence-corrected chi connectivity index (χ2v) is 4.14. The molecule has 1 aromatic heterocycles. The molecule has 1 aliphatic rings. The molecule has 6 nitrogen and oxygen atoms in total. The number of hydrazine groups is 1. The van der Waals surface area contributed by atoms with Gasteiger partial charge in [0.15, 0.2) is 5.82 Å². The molecule has 6 heteroatoms. The third-order valence-corrected chi connectivity index (χ3v) is 2.87. The molecule has 0 aromatic carbocycles. The molecule has 3 N–H and O–H groups in total. The lowest BCUT2D eigenvalue weighted by Crippen LogP contribution is -2.33. The van der Waals surface area contributed by atoms with Gasteiger partial charge in [-0.15, -0.1) is 0 Å². The van der Waals surface area contributed by atoms with Gasteiger partial charge in [0, 0.05) is 6.54 Å². The van der Waals surface area contributed by atoms with Crippen molar-refractivity contribution in [2.24, 2.45) is 5.84 Å². The summed E-state index contributed by atoms with van der Waals surface area (Å²) in [6.07, 6.45) is 7.10. The lowest BCUT2D eigenvalue weighted by Gasteiger charge is -2.25. The lowest BCUT2D eigenvalue weighted by atomic mass is 10.1. The number of hydrogen-bond acceptors (Lipinski definition) is 6. The fourth-order valence-electron chi connectivity index (χ4n) is 1.95. The summed E-state index contributed by atoms with van der Waals surface area (Å²) in [6, 6.07) is 0. The van der Waals surface area contributed by atoms with E-state index in [4.69, 9.17) is 10.6 Å². The van der Waals surface area contributed by atoms with Crippen LogP contribution in [0.2, 0.25) is 0 Å². The number of anilines is 1. The van der Waals surface area contributed by atoms with E-state index in [1.54, 1.807) is 12.4 Å². The zero-order valence-corrected chi connectivity index (χ0v) is 9.93. The fraction of sp³-hybridized carbons (Fsp3) is 0.636. The highest BCUT2D eigenvalue weighted by Crippen LogP contribution is 2.10. The molecule has 0 unspecified atom stereocenters. The van der Waals surface area contributed by atoms with E-state index in [0.717, 1.165) is 6.54 Å². The van der Waals surface area contributed by atoms with Crippen molar-refractivity contribution < 1.29 is 4.74 Å². The minimum atomic E-state index is 0.512.